The Balaban J connectivity index is 0.000000709. The first-order chi connectivity index (χ1) is 17.7. The molecule has 4 rings (SSSR count). The Bertz CT molecular complexity index is 922. The van der Waals surface area contributed by atoms with Gasteiger partial charge in [-0.15, -0.1) is 0 Å². The van der Waals surface area contributed by atoms with Crippen LogP contribution in [0.5, 0.6) is 0 Å². The average Bonchev–Trinajstić information content (AvgIpc) is 2.86. The Hall–Kier alpha value is -2.00. The van der Waals surface area contributed by atoms with Gasteiger partial charge in [-0.05, 0) is 60.3 Å². The first-order valence-corrected chi connectivity index (χ1v) is 13.8. The van der Waals surface area contributed by atoms with Gasteiger partial charge >= 0.3 is 0 Å². The van der Waals surface area contributed by atoms with Gasteiger partial charge in [0.25, 0.3) is 3.25 Å². The van der Waals surface area contributed by atoms with E-state index in [9.17, 15) is 0 Å². The molecule has 4 aromatic carbocycles. The van der Waals surface area contributed by atoms with Gasteiger partial charge in [-0.2, -0.15) is 0 Å². The van der Waals surface area contributed by atoms with E-state index in [-0.39, 0.29) is 19.4 Å². The highest BCUT2D eigenvalue weighted by molar-refractivity contribution is 6.83. The highest BCUT2D eigenvalue weighted by atomic mass is 35.6. The molecule has 0 radical (unpaired) electrons. The first-order valence-electron chi connectivity index (χ1n) is 12.3. The van der Waals surface area contributed by atoms with Gasteiger partial charge in [0.05, 0.1) is 0 Å². The molecule has 5 heteroatoms. The van der Waals surface area contributed by atoms with Crippen molar-refractivity contribution in [2.45, 2.75) is 43.3 Å². The van der Waals surface area contributed by atoms with Crippen LogP contribution in [0.1, 0.15) is 36.6 Å². The number of hydrogen-bond acceptors (Lipinski definition) is 1. The lowest BCUT2D eigenvalue weighted by Gasteiger charge is -2.35. The van der Waals surface area contributed by atoms with E-state index >= 15 is 0 Å². The molecule has 0 unspecified atom stereocenters. The fourth-order valence-corrected chi connectivity index (χ4v) is 4.49. The van der Waals surface area contributed by atoms with Crippen molar-refractivity contribution in [1.82, 2.24) is 0 Å². The van der Waals surface area contributed by atoms with E-state index in [1.165, 1.54) is 22.3 Å². The zero-order valence-electron chi connectivity index (χ0n) is 21.0. The molecule has 0 saturated heterocycles. The summed E-state index contributed by atoms with van der Waals surface area (Å²) >= 11 is 19.3. The number of benzene rings is 4. The highest BCUT2D eigenvalue weighted by Crippen LogP contribution is 2.36. The Kier molecular flexibility index (Phi) is 16.4. The molecule has 0 amide bonds. The summed E-state index contributed by atoms with van der Waals surface area (Å²) in [6.45, 7) is 1.93. The molecule has 204 valence electrons. The number of rotatable bonds is 8. The summed E-state index contributed by atoms with van der Waals surface area (Å²) in [6, 6.07) is 43.9. The molecule has 0 spiro atoms. The molecule has 0 aromatic heterocycles. The third-order valence-corrected chi connectivity index (χ3v) is 5.69. The number of hydrogen-bond donors (Lipinski definition) is 1. The molecule has 0 atom stereocenters. The van der Waals surface area contributed by atoms with Gasteiger partial charge in [0.1, 0.15) is 0 Å². The van der Waals surface area contributed by atoms with Crippen LogP contribution in [0, 0.1) is 5.41 Å². The monoisotopic (exact) mass is 590 g/mol. The van der Waals surface area contributed by atoms with E-state index in [2.05, 4.69) is 121 Å². The van der Waals surface area contributed by atoms with Gasteiger partial charge in [-0.3, -0.25) is 0 Å². The molecule has 1 nitrogen and oxygen atoms in total. The fourth-order valence-electron chi connectivity index (χ4n) is 4.49. The predicted molar refractivity (Wildman–Crippen MR) is 169 cm³/mol. The van der Waals surface area contributed by atoms with E-state index in [0.29, 0.717) is 0 Å². The van der Waals surface area contributed by atoms with Crippen LogP contribution in [0.4, 0.5) is 0 Å². The van der Waals surface area contributed by atoms with E-state index in [4.69, 9.17) is 51.5 Å². The number of halogens is 4. The van der Waals surface area contributed by atoms with E-state index in [1.807, 2.05) is 0 Å². The van der Waals surface area contributed by atoms with Crippen molar-refractivity contribution in [3.8, 4) is 0 Å². The lowest BCUT2D eigenvalue weighted by Crippen LogP contribution is -2.32. The molecular weight excluding hydrogens is 554 g/mol. The van der Waals surface area contributed by atoms with Crippen LogP contribution in [0.25, 0.3) is 0 Å². The summed E-state index contributed by atoms with van der Waals surface area (Å²) in [4.78, 5) is 0. The maximum atomic E-state index is 7.57. The Morgan fingerprint density at radius 3 is 0.789 bits per heavy atom. The molecule has 0 heterocycles. The summed E-state index contributed by atoms with van der Waals surface area (Å²) < 4.78 is -1.61. The van der Waals surface area contributed by atoms with Crippen LogP contribution in [0.15, 0.2) is 121 Å². The molecule has 0 fully saturated rings. The third-order valence-electron chi connectivity index (χ3n) is 5.69. The summed E-state index contributed by atoms with van der Waals surface area (Å²) in [5, 5.41) is 7.57. The molecule has 0 aliphatic rings. The van der Waals surface area contributed by atoms with Crippen LogP contribution in [-0.4, -0.2) is 15.0 Å². The highest BCUT2D eigenvalue weighted by Gasteiger charge is 2.31. The second-order valence-electron chi connectivity index (χ2n) is 8.89. The standard InChI is InChI=1S/C29H28.C2H6O.CCl4.CH4/c1-5-13-25(14-6-1)21-29(22-26-15-7-2-8-16-26,23-27-17-9-3-10-18-27)24-28-19-11-4-12-20-28;1-2-3;2-1(3,4)5;/h1-20H,21-24H2;3H,2H2,1H3;;1H4. The molecule has 38 heavy (non-hydrogen) atoms. The van der Waals surface area contributed by atoms with Gasteiger partial charge in [0.2, 0.25) is 0 Å². The maximum absolute atomic E-state index is 7.57. The van der Waals surface area contributed by atoms with Gasteiger partial charge in [-0.25, -0.2) is 0 Å². The smallest absolute Gasteiger partial charge is 0.266 e. The zero-order valence-corrected chi connectivity index (χ0v) is 24.1. The largest absolute Gasteiger partial charge is 0.397 e. The van der Waals surface area contributed by atoms with Crippen LogP contribution >= 0.6 is 46.4 Å². The van der Waals surface area contributed by atoms with Crippen molar-refractivity contribution in [2.75, 3.05) is 6.61 Å². The number of aliphatic hydroxyl groups excluding tert-OH is 1. The molecule has 1 N–H and O–H groups in total. The van der Waals surface area contributed by atoms with Gasteiger partial charge in [0.15, 0.2) is 0 Å². The lowest BCUT2D eigenvalue weighted by molar-refractivity contribution is 0.275. The van der Waals surface area contributed by atoms with Crippen LogP contribution < -0.4 is 0 Å². The van der Waals surface area contributed by atoms with Crippen LogP contribution in [0.3, 0.4) is 0 Å². The Morgan fingerprint density at radius 1 is 0.474 bits per heavy atom. The number of aliphatic hydroxyl groups is 1. The van der Waals surface area contributed by atoms with E-state index in [0.717, 1.165) is 25.7 Å². The maximum Gasteiger partial charge on any atom is 0.266 e. The molecule has 0 bridgehead atoms. The summed E-state index contributed by atoms with van der Waals surface area (Å²) in [7, 11) is 0. The minimum Gasteiger partial charge on any atom is -0.397 e. The third kappa shape index (κ3) is 14.8. The van der Waals surface area contributed by atoms with Crippen molar-refractivity contribution in [1.29, 1.82) is 0 Å². The molecule has 0 saturated carbocycles. The van der Waals surface area contributed by atoms with Crippen LogP contribution in [-0.2, 0) is 25.7 Å². The lowest BCUT2D eigenvalue weighted by atomic mass is 9.69. The molecular formula is C33H38Cl4O. The van der Waals surface area contributed by atoms with Crippen molar-refractivity contribution >= 4 is 46.4 Å². The number of alkyl halides is 4. The zero-order chi connectivity index (χ0) is 27.0. The normalized spacial score (nSPS) is 10.7. The predicted octanol–water partition coefficient (Wildman–Crippen LogP) is 10.1. The van der Waals surface area contributed by atoms with Crippen molar-refractivity contribution in [2.24, 2.45) is 5.41 Å². The van der Waals surface area contributed by atoms with Crippen molar-refractivity contribution in [3.05, 3.63) is 144 Å². The van der Waals surface area contributed by atoms with Gasteiger partial charge in [0, 0.05) is 6.61 Å². The summed E-state index contributed by atoms with van der Waals surface area (Å²) in [5.74, 6) is 0. The average molecular weight is 592 g/mol. The second-order valence-corrected chi connectivity index (χ2v) is 12.3. The quantitative estimate of drug-likeness (QED) is 0.202. The SMILES string of the molecule is C.CCO.ClC(Cl)(Cl)Cl.c1ccc(CC(Cc2ccccc2)(Cc2ccccc2)Cc2ccccc2)cc1. The summed E-state index contributed by atoms with van der Waals surface area (Å²) in [5.41, 5.74) is 5.77. The van der Waals surface area contributed by atoms with Crippen molar-refractivity contribution < 1.29 is 5.11 Å². The Morgan fingerprint density at radius 2 is 0.632 bits per heavy atom. The van der Waals surface area contributed by atoms with Gasteiger partial charge in [-0.1, -0.05) is 175 Å². The minimum atomic E-state index is -1.61. The Labute approximate surface area is 249 Å². The topological polar surface area (TPSA) is 20.2 Å². The summed E-state index contributed by atoms with van der Waals surface area (Å²) in [6.07, 6.45) is 4.25. The van der Waals surface area contributed by atoms with Crippen LogP contribution in [0.2, 0.25) is 0 Å². The second kappa shape index (κ2) is 18.3. The molecule has 0 aliphatic heterocycles. The first kappa shape index (κ1) is 34.0. The van der Waals surface area contributed by atoms with E-state index < -0.39 is 3.25 Å². The molecule has 4 aromatic rings. The van der Waals surface area contributed by atoms with Crippen molar-refractivity contribution in [3.63, 3.8) is 0 Å². The minimum absolute atomic E-state index is 0. The van der Waals surface area contributed by atoms with Gasteiger partial charge < -0.3 is 5.11 Å². The molecule has 0 aliphatic carbocycles. The van der Waals surface area contributed by atoms with E-state index in [1.54, 1.807) is 6.92 Å². The fraction of sp³-hybridized carbons (Fsp3) is 0.273.